The van der Waals surface area contributed by atoms with Crippen molar-refractivity contribution in [3.05, 3.63) is 65.5 Å². The maximum absolute atomic E-state index is 12.8. The number of hydrogen-bond acceptors (Lipinski definition) is 3. The largest absolute Gasteiger partial charge is 0.375 e. The minimum atomic E-state index is -0.383. The fraction of sp³-hybridized carbons (Fsp3) is 0.0625. The second-order valence-corrected chi connectivity index (χ2v) is 5.15. The summed E-state index contributed by atoms with van der Waals surface area (Å²) in [5, 5.41) is 6.84. The van der Waals surface area contributed by atoms with Crippen molar-refractivity contribution < 1.29 is 9.18 Å². The Balaban J connectivity index is 2.05. The van der Waals surface area contributed by atoms with E-state index in [-0.39, 0.29) is 16.8 Å². The molecule has 0 radical (unpaired) electrons. The first-order valence-electron chi connectivity index (χ1n) is 6.73. The van der Waals surface area contributed by atoms with Gasteiger partial charge in [-0.3, -0.25) is 10.2 Å². The van der Waals surface area contributed by atoms with Crippen LogP contribution in [0.4, 0.5) is 10.1 Å². The van der Waals surface area contributed by atoms with Crippen molar-refractivity contribution in [3.8, 4) is 0 Å². The van der Waals surface area contributed by atoms with Crippen molar-refractivity contribution >= 4 is 34.6 Å². The summed E-state index contributed by atoms with van der Waals surface area (Å²) in [6.45, 7) is 1.80. The van der Waals surface area contributed by atoms with E-state index in [1.807, 2.05) is 0 Å². The molecule has 118 valence electrons. The minimum Gasteiger partial charge on any atom is -0.375 e. The van der Waals surface area contributed by atoms with Gasteiger partial charge in [-0.1, -0.05) is 12.1 Å². The Labute approximate surface area is 138 Å². The molecule has 2 rings (SSSR count). The number of carbonyl (C=O) groups excluding carboxylic acids is 1. The predicted molar refractivity (Wildman–Crippen MR) is 92.9 cm³/mol. The molecule has 0 aliphatic heterocycles. The zero-order valence-corrected chi connectivity index (χ0v) is 13.2. The van der Waals surface area contributed by atoms with Crippen molar-refractivity contribution in [1.82, 2.24) is 5.43 Å². The van der Waals surface area contributed by atoms with Crippen LogP contribution < -0.4 is 16.5 Å². The highest BCUT2D eigenvalue weighted by Crippen LogP contribution is 2.12. The number of nitrogens with two attached hydrogens (primary N) is 1. The van der Waals surface area contributed by atoms with Crippen LogP contribution in [0.3, 0.4) is 0 Å². The first kappa shape index (κ1) is 16.6. The molecule has 0 bridgehead atoms. The monoisotopic (exact) mass is 330 g/mol. The lowest BCUT2D eigenvalue weighted by Gasteiger charge is -2.07. The van der Waals surface area contributed by atoms with Gasteiger partial charge in [-0.05, 0) is 61.1 Å². The van der Waals surface area contributed by atoms with Crippen molar-refractivity contribution in [2.24, 2.45) is 10.8 Å². The maximum Gasteiger partial charge on any atom is 0.255 e. The highest BCUT2D eigenvalue weighted by atomic mass is 32.1. The normalized spacial score (nSPS) is 11.0. The number of hydrogen-bond donors (Lipinski definition) is 3. The average molecular weight is 330 g/mol. The van der Waals surface area contributed by atoms with Crippen LogP contribution >= 0.6 is 12.2 Å². The topological polar surface area (TPSA) is 79.5 Å². The Bertz CT molecular complexity index is 742. The molecular formula is C16H15FN4OS. The SMILES string of the molecule is C/C(=N\NC(N)=S)c1ccc(NC(=O)c2ccc(F)cc2)cc1. The Morgan fingerprint density at radius 2 is 1.65 bits per heavy atom. The Morgan fingerprint density at radius 3 is 2.22 bits per heavy atom. The van der Waals surface area contributed by atoms with E-state index in [1.54, 1.807) is 31.2 Å². The third-order valence-electron chi connectivity index (χ3n) is 3.00. The predicted octanol–water partition coefficient (Wildman–Crippen LogP) is 2.64. The van der Waals surface area contributed by atoms with Gasteiger partial charge in [-0.2, -0.15) is 5.10 Å². The number of amides is 1. The summed E-state index contributed by atoms with van der Waals surface area (Å²) in [4.78, 5) is 12.0. The van der Waals surface area contributed by atoms with E-state index in [0.29, 0.717) is 17.0 Å². The Hall–Kier alpha value is -2.80. The number of carbonyl (C=O) groups is 1. The molecule has 0 aromatic heterocycles. The van der Waals surface area contributed by atoms with E-state index in [1.165, 1.54) is 24.3 Å². The van der Waals surface area contributed by atoms with Crippen molar-refractivity contribution in [2.45, 2.75) is 6.92 Å². The van der Waals surface area contributed by atoms with Gasteiger partial charge in [0, 0.05) is 11.3 Å². The molecule has 23 heavy (non-hydrogen) atoms. The van der Waals surface area contributed by atoms with Crippen LogP contribution in [0.25, 0.3) is 0 Å². The number of halogens is 1. The summed E-state index contributed by atoms with van der Waals surface area (Å²) in [7, 11) is 0. The zero-order chi connectivity index (χ0) is 16.8. The fourth-order valence-electron chi connectivity index (χ4n) is 1.80. The van der Waals surface area contributed by atoms with Crippen LogP contribution in [0.1, 0.15) is 22.8 Å². The van der Waals surface area contributed by atoms with Gasteiger partial charge in [0.15, 0.2) is 5.11 Å². The summed E-state index contributed by atoms with van der Waals surface area (Å²) < 4.78 is 12.8. The summed E-state index contributed by atoms with van der Waals surface area (Å²) >= 11 is 4.68. The summed E-state index contributed by atoms with van der Waals surface area (Å²) in [6, 6.07) is 12.4. The second-order valence-electron chi connectivity index (χ2n) is 4.71. The number of nitrogens with one attached hydrogen (secondary N) is 2. The molecule has 1 amide bonds. The number of rotatable bonds is 4. The first-order valence-corrected chi connectivity index (χ1v) is 7.13. The van der Waals surface area contributed by atoms with E-state index in [4.69, 9.17) is 5.73 Å². The fourth-order valence-corrected chi connectivity index (χ4v) is 1.85. The van der Waals surface area contributed by atoms with Gasteiger partial charge in [-0.25, -0.2) is 4.39 Å². The third-order valence-corrected chi connectivity index (χ3v) is 3.09. The second kappa shape index (κ2) is 7.46. The van der Waals surface area contributed by atoms with Crippen molar-refractivity contribution in [2.75, 3.05) is 5.32 Å². The van der Waals surface area contributed by atoms with E-state index >= 15 is 0 Å². The summed E-state index contributed by atoms with van der Waals surface area (Å²) in [5.74, 6) is -0.690. The molecule has 0 unspecified atom stereocenters. The van der Waals surface area contributed by atoms with Gasteiger partial charge in [-0.15, -0.1) is 0 Å². The minimum absolute atomic E-state index is 0.0903. The van der Waals surface area contributed by atoms with Crippen LogP contribution in [0, 0.1) is 5.82 Å². The molecule has 0 heterocycles. The number of nitrogens with zero attached hydrogens (tertiary/aromatic N) is 1. The standard InChI is InChI=1S/C16H15FN4OS/c1-10(20-21-16(18)23)11-4-8-14(9-5-11)19-15(22)12-2-6-13(17)7-3-12/h2-9H,1H3,(H,19,22)(H3,18,21,23)/b20-10+. The van der Waals surface area contributed by atoms with Gasteiger partial charge in [0.1, 0.15) is 5.82 Å². The van der Waals surface area contributed by atoms with Crippen LogP contribution in [0.2, 0.25) is 0 Å². The molecule has 2 aromatic rings. The van der Waals surface area contributed by atoms with Crippen molar-refractivity contribution in [3.63, 3.8) is 0 Å². The molecule has 7 heteroatoms. The molecule has 0 saturated carbocycles. The molecule has 5 nitrogen and oxygen atoms in total. The van der Waals surface area contributed by atoms with Gasteiger partial charge in [0.05, 0.1) is 5.71 Å². The summed E-state index contributed by atoms with van der Waals surface area (Å²) in [6.07, 6.45) is 0. The maximum atomic E-state index is 12.8. The lowest BCUT2D eigenvalue weighted by molar-refractivity contribution is 0.102. The molecule has 0 atom stereocenters. The molecule has 0 fully saturated rings. The van der Waals surface area contributed by atoms with E-state index in [9.17, 15) is 9.18 Å². The van der Waals surface area contributed by atoms with Gasteiger partial charge >= 0.3 is 0 Å². The van der Waals surface area contributed by atoms with Crippen molar-refractivity contribution in [1.29, 1.82) is 0 Å². The van der Waals surface area contributed by atoms with E-state index in [0.717, 1.165) is 5.56 Å². The number of anilines is 1. The highest BCUT2D eigenvalue weighted by Gasteiger charge is 2.06. The average Bonchev–Trinajstić information content (AvgIpc) is 2.54. The Kier molecular flexibility index (Phi) is 5.37. The quantitative estimate of drug-likeness (QED) is 0.457. The van der Waals surface area contributed by atoms with Crippen LogP contribution in [-0.2, 0) is 0 Å². The molecule has 0 aliphatic carbocycles. The molecule has 0 spiro atoms. The van der Waals surface area contributed by atoms with Gasteiger partial charge < -0.3 is 11.1 Å². The highest BCUT2D eigenvalue weighted by molar-refractivity contribution is 7.80. The molecule has 0 saturated heterocycles. The van der Waals surface area contributed by atoms with E-state index in [2.05, 4.69) is 28.1 Å². The van der Waals surface area contributed by atoms with Gasteiger partial charge in [0.2, 0.25) is 0 Å². The number of thiocarbonyl (C=S) groups is 1. The number of benzene rings is 2. The van der Waals surface area contributed by atoms with Crippen LogP contribution in [0.15, 0.2) is 53.6 Å². The van der Waals surface area contributed by atoms with E-state index < -0.39 is 0 Å². The molecule has 0 aliphatic rings. The Morgan fingerprint density at radius 1 is 1.09 bits per heavy atom. The molecular weight excluding hydrogens is 315 g/mol. The molecule has 4 N–H and O–H groups in total. The smallest absolute Gasteiger partial charge is 0.255 e. The molecule has 2 aromatic carbocycles. The van der Waals surface area contributed by atoms with Crippen LogP contribution in [0.5, 0.6) is 0 Å². The summed E-state index contributed by atoms with van der Waals surface area (Å²) in [5.41, 5.74) is 10.4. The lowest BCUT2D eigenvalue weighted by Crippen LogP contribution is -2.25. The zero-order valence-electron chi connectivity index (χ0n) is 12.3. The number of hydrazone groups is 1. The van der Waals surface area contributed by atoms with Gasteiger partial charge in [0.25, 0.3) is 5.91 Å². The lowest BCUT2D eigenvalue weighted by atomic mass is 10.1. The first-order chi connectivity index (χ1) is 11.0. The van der Waals surface area contributed by atoms with Crippen LogP contribution in [-0.4, -0.2) is 16.7 Å². The third kappa shape index (κ3) is 4.86.